The topological polar surface area (TPSA) is 76.7 Å². The van der Waals surface area contributed by atoms with Gasteiger partial charge in [-0.15, -0.1) is 0 Å². The van der Waals surface area contributed by atoms with Gasteiger partial charge in [0.15, 0.2) is 0 Å². The first-order valence-electron chi connectivity index (χ1n) is 13.1. The van der Waals surface area contributed by atoms with Crippen LogP contribution in [0.25, 0.3) is 11.0 Å². The summed E-state index contributed by atoms with van der Waals surface area (Å²) in [5, 5.41) is 10.0. The Morgan fingerprint density at radius 3 is 1.85 bits per heavy atom. The predicted octanol–water partition coefficient (Wildman–Crippen LogP) is 7.92. The minimum atomic E-state index is -0.745. The zero-order valence-electron chi connectivity index (χ0n) is 20.4. The lowest BCUT2D eigenvalue weighted by molar-refractivity contribution is 0.0493. The average molecular weight is 459 g/mol. The Hall–Kier alpha value is -2.30. The van der Waals surface area contributed by atoms with Crippen LogP contribution in [0.3, 0.4) is 0 Å². The van der Waals surface area contributed by atoms with Crippen LogP contribution in [-0.2, 0) is 4.74 Å². The first kappa shape index (κ1) is 26.9. The molecule has 1 aromatic heterocycles. The Morgan fingerprint density at radius 2 is 1.30 bits per heavy atom. The van der Waals surface area contributed by atoms with Crippen molar-refractivity contribution in [3.05, 3.63) is 40.2 Å². The number of phenolic OH excluding ortho intramolecular Hbond substituents is 1. The first-order valence-corrected chi connectivity index (χ1v) is 13.1. The zero-order valence-corrected chi connectivity index (χ0v) is 20.4. The Kier molecular flexibility index (Phi) is 13.3. The summed E-state index contributed by atoms with van der Waals surface area (Å²) in [4.78, 5) is 24.2. The fourth-order valence-corrected chi connectivity index (χ4v) is 4.13. The molecule has 184 valence electrons. The maximum Gasteiger partial charge on any atom is 0.351 e. The van der Waals surface area contributed by atoms with Crippen LogP contribution in [0, 0.1) is 0 Å². The van der Waals surface area contributed by atoms with Gasteiger partial charge in [-0.1, -0.05) is 103 Å². The molecule has 1 N–H and O–H groups in total. The summed E-state index contributed by atoms with van der Waals surface area (Å²) in [6.45, 7) is 2.58. The molecule has 5 heteroatoms. The van der Waals surface area contributed by atoms with E-state index >= 15 is 0 Å². The summed E-state index contributed by atoms with van der Waals surface area (Å²) in [6, 6.07) is 5.88. The lowest BCUT2D eigenvalue weighted by Crippen LogP contribution is -2.17. The van der Waals surface area contributed by atoms with Crippen molar-refractivity contribution in [2.75, 3.05) is 6.61 Å². The van der Waals surface area contributed by atoms with Gasteiger partial charge < -0.3 is 14.3 Å². The van der Waals surface area contributed by atoms with E-state index in [2.05, 4.69) is 6.92 Å². The van der Waals surface area contributed by atoms with Crippen LogP contribution in [-0.4, -0.2) is 17.7 Å². The van der Waals surface area contributed by atoms with Gasteiger partial charge in [0.25, 0.3) is 0 Å². The third-order valence-corrected chi connectivity index (χ3v) is 6.17. The van der Waals surface area contributed by atoms with Gasteiger partial charge in [0, 0.05) is 11.5 Å². The standard InChI is InChI=1S/C28H42O5/c1-2-3-4-5-6-7-8-9-10-11-12-13-14-15-16-17-20-32-27(30)25-21-23-18-19-24(29)22-26(23)33-28(25)31/h18-19,21-22,29H,2-17,20H2,1H3. The molecule has 0 saturated heterocycles. The molecule has 0 unspecified atom stereocenters. The molecule has 0 spiro atoms. The molecule has 33 heavy (non-hydrogen) atoms. The van der Waals surface area contributed by atoms with Gasteiger partial charge in [0.2, 0.25) is 0 Å². The van der Waals surface area contributed by atoms with Gasteiger partial charge in [0.1, 0.15) is 16.9 Å². The molecule has 0 aliphatic rings. The van der Waals surface area contributed by atoms with Gasteiger partial charge >= 0.3 is 11.6 Å². The zero-order chi connectivity index (χ0) is 23.7. The second-order valence-corrected chi connectivity index (χ2v) is 9.11. The molecule has 0 aliphatic heterocycles. The summed E-state index contributed by atoms with van der Waals surface area (Å²) >= 11 is 0. The van der Waals surface area contributed by atoms with Gasteiger partial charge in [-0.3, -0.25) is 0 Å². The fourth-order valence-electron chi connectivity index (χ4n) is 4.13. The summed E-state index contributed by atoms with van der Waals surface area (Å²) in [6.07, 6.45) is 20.7. The molecular formula is C28H42O5. The maximum absolute atomic E-state index is 12.2. The molecule has 0 radical (unpaired) electrons. The van der Waals surface area contributed by atoms with Crippen molar-refractivity contribution in [2.24, 2.45) is 0 Å². The van der Waals surface area contributed by atoms with Gasteiger partial charge in [0.05, 0.1) is 6.61 Å². The molecule has 1 heterocycles. The van der Waals surface area contributed by atoms with E-state index in [0.717, 1.165) is 19.3 Å². The molecule has 0 saturated carbocycles. The van der Waals surface area contributed by atoms with E-state index in [1.165, 1.54) is 102 Å². The number of aromatic hydroxyl groups is 1. The van der Waals surface area contributed by atoms with Gasteiger partial charge in [-0.25, -0.2) is 9.59 Å². The number of fused-ring (bicyclic) bond motifs is 1. The molecule has 0 aliphatic carbocycles. The lowest BCUT2D eigenvalue weighted by Gasteiger charge is -2.06. The van der Waals surface area contributed by atoms with E-state index < -0.39 is 11.6 Å². The van der Waals surface area contributed by atoms with Crippen molar-refractivity contribution in [1.82, 2.24) is 0 Å². The van der Waals surface area contributed by atoms with Crippen LogP contribution in [0.4, 0.5) is 0 Å². The lowest BCUT2D eigenvalue weighted by atomic mass is 10.0. The second-order valence-electron chi connectivity index (χ2n) is 9.11. The van der Waals surface area contributed by atoms with Crippen molar-refractivity contribution >= 4 is 16.9 Å². The highest BCUT2D eigenvalue weighted by Crippen LogP contribution is 2.19. The van der Waals surface area contributed by atoms with Gasteiger partial charge in [-0.2, -0.15) is 0 Å². The minimum Gasteiger partial charge on any atom is -0.508 e. The fraction of sp³-hybridized carbons (Fsp3) is 0.643. The van der Waals surface area contributed by atoms with Crippen LogP contribution < -0.4 is 5.63 Å². The average Bonchev–Trinajstić information content (AvgIpc) is 2.80. The Bertz CT molecular complexity index is 870. The van der Waals surface area contributed by atoms with Crippen molar-refractivity contribution in [1.29, 1.82) is 0 Å². The van der Waals surface area contributed by atoms with Crippen molar-refractivity contribution in [3.63, 3.8) is 0 Å². The van der Waals surface area contributed by atoms with E-state index in [0.29, 0.717) is 12.0 Å². The molecule has 0 fully saturated rings. The quantitative estimate of drug-likeness (QED) is 0.139. The van der Waals surface area contributed by atoms with Crippen molar-refractivity contribution in [2.45, 2.75) is 110 Å². The number of benzene rings is 1. The largest absolute Gasteiger partial charge is 0.508 e. The number of phenols is 1. The van der Waals surface area contributed by atoms with E-state index in [4.69, 9.17) is 9.15 Å². The molecule has 0 atom stereocenters. The third kappa shape index (κ3) is 10.9. The summed E-state index contributed by atoms with van der Waals surface area (Å²) in [5.74, 6) is -0.649. The smallest absolute Gasteiger partial charge is 0.351 e. The van der Waals surface area contributed by atoms with E-state index in [-0.39, 0.29) is 16.9 Å². The van der Waals surface area contributed by atoms with Crippen molar-refractivity contribution in [3.8, 4) is 5.75 Å². The summed E-state index contributed by atoms with van der Waals surface area (Å²) in [7, 11) is 0. The van der Waals surface area contributed by atoms with Gasteiger partial charge in [-0.05, 0) is 24.6 Å². The normalized spacial score (nSPS) is 11.2. The SMILES string of the molecule is CCCCCCCCCCCCCCCCCCOC(=O)c1cc2ccc(O)cc2oc1=O. The number of hydrogen-bond acceptors (Lipinski definition) is 5. The Morgan fingerprint density at radius 1 is 0.788 bits per heavy atom. The maximum atomic E-state index is 12.2. The number of hydrogen-bond donors (Lipinski definition) is 1. The number of esters is 1. The van der Waals surface area contributed by atoms with Crippen LogP contribution in [0.2, 0.25) is 0 Å². The van der Waals surface area contributed by atoms with E-state index in [1.807, 2.05) is 0 Å². The highest BCUT2D eigenvalue weighted by molar-refractivity contribution is 5.93. The second kappa shape index (κ2) is 16.3. The van der Waals surface area contributed by atoms with E-state index in [1.54, 1.807) is 6.07 Å². The van der Waals surface area contributed by atoms with Crippen molar-refractivity contribution < 1.29 is 19.1 Å². The number of ether oxygens (including phenoxy) is 1. The third-order valence-electron chi connectivity index (χ3n) is 6.17. The minimum absolute atomic E-state index is 0.00414. The highest BCUT2D eigenvalue weighted by atomic mass is 16.5. The highest BCUT2D eigenvalue weighted by Gasteiger charge is 2.15. The monoisotopic (exact) mass is 458 g/mol. The molecule has 5 nitrogen and oxygen atoms in total. The predicted molar refractivity (Wildman–Crippen MR) is 134 cm³/mol. The van der Waals surface area contributed by atoms with Crippen LogP contribution >= 0.6 is 0 Å². The molecule has 2 rings (SSSR count). The molecule has 0 bridgehead atoms. The number of carbonyl (C=O) groups is 1. The number of unbranched alkanes of at least 4 members (excludes halogenated alkanes) is 15. The van der Waals surface area contributed by atoms with E-state index in [9.17, 15) is 14.7 Å². The number of carbonyl (C=O) groups excluding carboxylic acids is 1. The molecular weight excluding hydrogens is 416 g/mol. The first-order chi connectivity index (χ1) is 16.1. The van der Waals surface area contributed by atoms with Crippen LogP contribution in [0.15, 0.2) is 33.5 Å². The Labute approximate surface area is 198 Å². The summed E-state index contributed by atoms with van der Waals surface area (Å²) < 4.78 is 10.4. The van der Waals surface area contributed by atoms with Crippen LogP contribution in [0.1, 0.15) is 120 Å². The molecule has 0 amide bonds. The molecule has 1 aromatic carbocycles. The Balaban J connectivity index is 1.44. The van der Waals surface area contributed by atoms with Crippen LogP contribution in [0.5, 0.6) is 5.75 Å². The summed E-state index contributed by atoms with van der Waals surface area (Å²) in [5.41, 5.74) is -0.607. The number of rotatable bonds is 18. The molecule has 2 aromatic rings.